The number of nitrogens with zero attached hydrogens (tertiary/aromatic N) is 2. The van der Waals surface area contributed by atoms with Crippen LogP contribution in [0.2, 0.25) is 0 Å². The Labute approximate surface area is 132 Å². The topological polar surface area (TPSA) is 24.9 Å². The van der Waals surface area contributed by atoms with Gasteiger partial charge < -0.3 is 19.1 Å². The van der Waals surface area contributed by atoms with Crippen LogP contribution in [0.25, 0.3) is 0 Å². The summed E-state index contributed by atoms with van der Waals surface area (Å²) in [6, 6.07) is 2.23. The van der Waals surface area contributed by atoms with Crippen LogP contribution in [0.1, 0.15) is 27.7 Å². The van der Waals surface area contributed by atoms with Gasteiger partial charge in [0, 0.05) is 42.0 Å². The van der Waals surface area contributed by atoms with Gasteiger partial charge in [0.25, 0.3) is 0 Å². The quantitative estimate of drug-likeness (QED) is 0.778. The summed E-state index contributed by atoms with van der Waals surface area (Å²) in [6.45, 7) is 12.8. The number of likely N-dealkylation sites (N-methyl/N-ethyl adjacent to an activating group) is 1. The average molecular weight is 308 g/mol. The van der Waals surface area contributed by atoms with E-state index in [1.165, 1.54) is 10.5 Å². The standard InChI is InChI=1S/C15H25BN2O2S/c1-14(2)15(3,4)20-16(19-14)13-10-12(11-21-13)18-8-6-17(5)7-9-18/h10-11H,6-9H2,1-5H3. The van der Waals surface area contributed by atoms with Crippen molar-refractivity contribution in [2.75, 3.05) is 38.1 Å². The van der Waals surface area contributed by atoms with Crippen LogP contribution in [-0.4, -0.2) is 56.4 Å². The van der Waals surface area contributed by atoms with Crippen molar-refractivity contribution in [2.24, 2.45) is 0 Å². The summed E-state index contributed by atoms with van der Waals surface area (Å²) in [7, 11) is 1.95. The van der Waals surface area contributed by atoms with Crippen LogP contribution in [-0.2, 0) is 9.31 Å². The second-order valence-electron chi connectivity index (χ2n) is 7.09. The Morgan fingerprint density at radius 3 is 2.19 bits per heavy atom. The number of hydrogen-bond acceptors (Lipinski definition) is 5. The monoisotopic (exact) mass is 308 g/mol. The Bertz CT molecular complexity index is 494. The summed E-state index contributed by atoms with van der Waals surface area (Å²) >= 11 is 1.74. The molecule has 0 amide bonds. The van der Waals surface area contributed by atoms with Gasteiger partial charge in [0.1, 0.15) is 0 Å². The number of anilines is 1. The average Bonchev–Trinajstić information content (AvgIpc) is 2.94. The van der Waals surface area contributed by atoms with E-state index in [0.29, 0.717) is 0 Å². The fourth-order valence-electron chi connectivity index (χ4n) is 2.66. The van der Waals surface area contributed by atoms with Gasteiger partial charge >= 0.3 is 7.12 Å². The van der Waals surface area contributed by atoms with E-state index in [9.17, 15) is 0 Å². The SMILES string of the molecule is CN1CCN(c2csc(B3OC(C)(C)C(C)(C)O3)c2)CC1. The lowest BCUT2D eigenvalue weighted by Gasteiger charge is -2.33. The lowest BCUT2D eigenvalue weighted by Crippen LogP contribution is -2.44. The second kappa shape index (κ2) is 5.27. The first-order chi connectivity index (χ1) is 9.78. The van der Waals surface area contributed by atoms with Crippen molar-refractivity contribution in [3.05, 3.63) is 11.4 Å². The van der Waals surface area contributed by atoms with Gasteiger partial charge in [0.15, 0.2) is 0 Å². The summed E-state index contributed by atoms with van der Waals surface area (Å²) in [5, 5.41) is 2.23. The van der Waals surface area contributed by atoms with Crippen molar-refractivity contribution in [3.63, 3.8) is 0 Å². The molecule has 3 heterocycles. The predicted molar refractivity (Wildman–Crippen MR) is 89.7 cm³/mol. The van der Waals surface area contributed by atoms with Crippen molar-refractivity contribution in [1.82, 2.24) is 4.90 Å². The van der Waals surface area contributed by atoms with Crippen LogP contribution in [0.5, 0.6) is 0 Å². The molecule has 0 atom stereocenters. The van der Waals surface area contributed by atoms with Crippen molar-refractivity contribution in [3.8, 4) is 0 Å². The largest absolute Gasteiger partial charge is 0.505 e. The van der Waals surface area contributed by atoms with Crippen molar-refractivity contribution in [2.45, 2.75) is 38.9 Å². The summed E-state index contributed by atoms with van der Waals surface area (Å²) < 4.78 is 13.4. The molecule has 0 unspecified atom stereocenters. The fraction of sp³-hybridized carbons (Fsp3) is 0.733. The van der Waals surface area contributed by atoms with E-state index in [0.717, 1.165) is 26.2 Å². The molecule has 21 heavy (non-hydrogen) atoms. The van der Waals surface area contributed by atoms with Crippen molar-refractivity contribution >= 4 is 28.9 Å². The zero-order valence-electron chi connectivity index (χ0n) is 13.7. The van der Waals surface area contributed by atoms with Crippen LogP contribution in [0, 0.1) is 0 Å². The summed E-state index contributed by atoms with van der Waals surface area (Å²) in [4.78, 5) is 4.82. The van der Waals surface area contributed by atoms with Gasteiger partial charge in [-0.1, -0.05) is 0 Å². The fourth-order valence-corrected chi connectivity index (χ4v) is 3.53. The van der Waals surface area contributed by atoms with Gasteiger partial charge in [0.2, 0.25) is 0 Å². The molecule has 0 radical (unpaired) electrons. The molecule has 0 aliphatic carbocycles. The van der Waals surface area contributed by atoms with E-state index in [4.69, 9.17) is 9.31 Å². The van der Waals surface area contributed by atoms with Crippen LogP contribution in [0.15, 0.2) is 11.4 Å². The van der Waals surface area contributed by atoms with E-state index in [1.54, 1.807) is 11.3 Å². The first kappa shape index (κ1) is 15.3. The zero-order valence-corrected chi connectivity index (χ0v) is 14.5. The van der Waals surface area contributed by atoms with Crippen LogP contribution >= 0.6 is 11.3 Å². The zero-order chi connectivity index (χ0) is 15.3. The molecule has 116 valence electrons. The summed E-state index contributed by atoms with van der Waals surface area (Å²) in [6.07, 6.45) is 0. The van der Waals surface area contributed by atoms with E-state index in [2.05, 4.69) is 56.0 Å². The molecule has 0 aromatic carbocycles. The molecule has 2 aliphatic heterocycles. The highest BCUT2D eigenvalue weighted by atomic mass is 32.1. The van der Waals surface area contributed by atoms with E-state index in [-0.39, 0.29) is 18.3 Å². The minimum Gasteiger partial charge on any atom is -0.399 e. The lowest BCUT2D eigenvalue weighted by atomic mass is 9.88. The molecule has 2 saturated heterocycles. The maximum atomic E-state index is 6.13. The molecule has 4 nitrogen and oxygen atoms in total. The number of thiophene rings is 1. The van der Waals surface area contributed by atoms with Gasteiger partial charge in [-0.3, -0.25) is 0 Å². The molecule has 2 fully saturated rings. The number of hydrogen-bond donors (Lipinski definition) is 0. The molecule has 6 heteroatoms. The molecule has 2 aliphatic rings. The third-order valence-electron chi connectivity index (χ3n) is 4.96. The van der Waals surface area contributed by atoms with Crippen molar-refractivity contribution in [1.29, 1.82) is 0 Å². The first-order valence-electron chi connectivity index (χ1n) is 7.66. The Kier molecular flexibility index (Phi) is 3.85. The molecule has 1 aromatic rings. The molecule has 0 saturated carbocycles. The number of rotatable bonds is 2. The third kappa shape index (κ3) is 2.87. The molecule has 0 N–H and O–H groups in total. The Hall–Kier alpha value is -0.555. The van der Waals surface area contributed by atoms with Crippen LogP contribution in [0.3, 0.4) is 0 Å². The minimum absolute atomic E-state index is 0.235. The normalized spacial score (nSPS) is 25.6. The maximum absolute atomic E-state index is 6.13. The Morgan fingerprint density at radius 2 is 1.62 bits per heavy atom. The van der Waals surface area contributed by atoms with Crippen LogP contribution in [0.4, 0.5) is 5.69 Å². The molecule has 3 rings (SSSR count). The highest BCUT2D eigenvalue weighted by Gasteiger charge is 2.52. The second-order valence-corrected chi connectivity index (χ2v) is 8.03. The third-order valence-corrected chi connectivity index (χ3v) is 5.90. The lowest BCUT2D eigenvalue weighted by molar-refractivity contribution is 0.00578. The van der Waals surface area contributed by atoms with Gasteiger partial charge in [-0.05, 0) is 40.8 Å². The summed E-state index contributed by atoms with van der Waals surface area (Å²) in [5.74, 6) is 0. The highest BCUT2D eigenvalue weighted by molar-refractivity contribution is 7.21. The Morgan fingerprint density at radius 1 is 1.05 bits per heavy atom. The van der Waals surface area contributed by atoms with Gasteiger partial charge in [0.05, 0.1) is 11.2 Å². The number of piperazine rings is 1. The van der Waals surface area contributed by atoms with E-state index in [1.807, 2.05) is 0 Å². The minimum atomic E-state index is -0.268. The van der Waals surface area contributed by atoms with Gasteiger partial charge in [-0.25, -0.2) is 0 Å². The van der Waals surface area contributed by atoms with E-state index < -0.39 is 0 Å². The molecule has 1 aromatic heterocycles. The van der Waals surface area contributed by atoms with Crippen LogP contribution < -0.4 is 9.68 Å². The predicted octanol–water partition coefficient (Wildman–Crippen LogP) is 1.80. The Balaban J connectivity index is 1.71. The molecular formula is C15H25BN2O2S. The molecule has 0 spiro atoms. The molecule has 0 bridgehead atoms. The summed E-state index contributed by atoms with van der Waals surface area (Å²) in [5.41, 5.74) is 0.767. The van der Waals surface area contributed by atoms with Crippen molar-refractivity contribution < 1.29 is 9.31 Å². The molecular weight excluding hydrogens is 283 g/mol. The first-order valence-corrected chi connectivity index (χ1v) is 8.54. The van der Waals surface area contributed by atoms with Gasteiger partial charge in [-0.15, -0.1) is 0 Å². The smallest absolute Gasteiger partial charge is 0.399 e. The highest BCUT2D eigenvalue weighted by Crippen LogP contribution is 2.37. The van der Waals surface area contributed by atoms with E-state index >= 15 is 0 Å². The maximum Gasteiger partial charge on any atom is 0.505 e. The van der Waals surface area contributed by atoms with Gasteiger partial charge in [-0.2, -0.15) is 11.3 Å².